The summed E-state index contributed by atoms with van der Waals surface area (Å²) < 4.78 is 5.74. The highest BCUT2D eigenvalue weighted by molar-refractivity contribution is 5.53. The maximum absolute atomic E-state index is 9.56. The Kier molecular flexibility index (Phi) is 5.09. The number of benzene rings is 1. The van der Waals surface area contributed by atoms with Gasteiger partial charge in [-0.2, -0.15) is 0 Å². The molecule has 0 aliphatic heterocycles. The van der Waals surface area contributed by atoms with Crippen molar-refractivity contribution in [2.45, 2.75) is 46.4 Å². The fourth-order valence-electron chi connectivity index (χ4n) is 2.18. The molecule has 1 aromatic heterocycles. The third-order valence-electron chi connectivity index (χ3n) is 3.30. The molecule has 0 amide bonds. The van der Waals surface area contributed by atoms with Crippen molar-refractivity contribution in [3.05, 3.63) is 35.7 Å². The summed E-state index contributed by atoms with van der Waals surface area (Å²) in [6.45, 7) is 9.10. The summed E-state index contributed by atoms with van der Waals surface area (Å²) in [6.07, 6.45) is -0.383. The van der Waals surface area contributed by atoms with Gasteiger partial charge in [0.1, 0.15) is 0 Å². The minimum Gasteiger partial charge on any atom is -0.419 e. The molecule has 0 fully saturated rings. The molecule has 1 atom stereocenters. The van der Waals surface area contributed by atoms with Gasteiger partial charge in [0.05, 0.1) is 12.6 Å². The van der Waals surface area contributed by atoms with E-state index in [4.69, 9.17) is 4.42 Å². The van der Waals surface area contributed by atoms with Crippen LogP contribution in [0.2, 0.25) is 0 Å². The third kappa shape index (κ3) is 4.37. The Labute approximate surface area is 125 Å². The first kappa shape index (κ1) is 15.7. The standard InChI is InChI=1S/C16H23N3O2/c1-11(2)19(9-13(4)20)10-15-17-18-16(21-15)14-7-5-6-12(3)8-14/h5-8,11,13,20H,9-10H2,1-4H3. The molecule has 5 nitrogen and oxygen atoms in total. The summed E-state index contributed by atoms with van der Waals surface area (Å²) in [7, 11) is 0. The number of aromatic nitrogens is 2. The summed E-state index contributed by atoms with van der Waals surface area (Å²) in [5.74, 6) is 1.11. The van der Waals surface area contributed by atoms with E-state index in [1.807, 2.05) is 31.2 Å². The van der Waals surface area contributed by atoms with Crippen molar-refractivity contribution in [1.82, 2.24) is 15.1 Å². The molecule has 0 bridgehead atoms. The lowest BCUT2D eigenvalue weighted by Crippen LogP contribution is -2.36. The second-order valence-corrected chi connectivity index (χ2v) is 5.74. The lowest BCUT2D eigenvalue weighted by atomic mass is 10.1. The van der Waals surface area contributed by atoms with E-state index in [0.717, 1.165) is 11.1 Å². The normalized spacial score (nSPS) is 13.1. The van der Waals surface area contributed by atoms with Crippen LogP contribution < -0.4 is 0 Å². The summed E-state index contributed by atoms with van der Waals surface area (Å²) in [6, 6.07) is 8.29. The van der Waals surface area contributed by atoms with E-state index in [9.17, 15) is 5.11 Å². The fourth-order valence-corrected chi connectivity index (χ4v) is 2.18. The van der Waals surface area contributed by atoms with Gasteiger partial charge in [0, 0.05) is 18.2 Å². The second kappa shape index (κ2) is 6.83. The Hall–Kier alpha value is -1.72. The molecule has 0 radical (unpaired) electrons. The van der Waals surface area contributed by atoms with Crippen LogP contribution in [-0.2, 0) is 6.54 Å². The van der Waals surface area contributed by atoms with Gasteiger partial charge < -0.3 is 9.52 Å². The molecule has 0 spiro atoms. The number of nitrogens with zero attached hydrogens (tertiary/aromatic N) is 3. The minimum absolute atomic E-state index is 0.300. The van der Waals surface area contributed by atoms with E-state index < -0.39 is 0 Å². The van der Waals surface area contributed by atoms with Crippen LogP contribution in [0.15, 0.2) is 28.7 Å². The molecular formula is C16H23N3O2. The molecule has 0 aliphatic rings. The lowest BCUT2D eigenvalue weighted by Gasteiger charge is -2.25. The smallest absolute Gasteiger partial charge is 0.247 e. The molecule has 114 valence electrons. The summed E-state index contributed by atoms with van der Waals surface area (Å²) in [5, 5.41) is 17.8. The highest BCUT2D eigenvalue weighted by Gasteiger charge is 2.17. The predicted octanol–water partition coefficient (Wildman–Crippen LogP) is 2.64. The highest BCUT2D eigenvalue weighted by Crippen LogP contribution is 2.19. The number of rotatable bonds is 6. The molecule has 2 aromatic rings. The van der Waals surface area contributed by atoms with E-state index in [2.05, 4.69) is 28.9 Å². The van der Waals surface area contributed by atoms with E-state index in [1.165, 1.54) is 0 Å². The van der Waals surface area contributed by atoms with Gasteiger partial charge >= 0.3 is 0 Å². The molecule has 21 heavy (non-hydrogen) atoms. The van der Waals surface area contributed by atoms with Gasteiger partial charge in [-0.1, -0.05) is 17.7 Å². The van der Waals surface area contributed by atoms with Gasteiger partial charge in [-0.25, -0.2) is 0 Å². The Bertz CT molecular complexity index is 578. The Morgan fingerprint density at radius 2 is 2.00 bits per heavy atom. The van der Waals surface area contributed by atoms with Crippen molar-refractivity contribution in [3.8, 4) is 11.5 Å². The molecule has 2 rings (SSSR count). The van der Waals surface area contributed by atoms with Crippen LogP contribution in [0.1, 0.15) is 32.2 Å². The maximum atomic E-state index is 9.56. The maximum Gasteiger partial charge on any atom is 0.247 e. The van der Waals surface area contributed by atoms with Crippen LogP contribution in [0.4, 0.5) is 0 Å². The van der Waals surface area contributed by atoms with Gasteiger partial charge in [-0.3, -0.25) is 4.90 Å². The molecule has 1 aromatic carbocycles. The Balaban J connectivity index is 2.12. The first-order valence-corrected chi connectivity index (χ1v) is 7.27. The van der Waals surface area contributed by atoms with Crippen molar-refractivity contribution in [3.63, 3.8) is 0 Å². The van der Waals surface area contributed by atoms with Gasteiger partial charge in [0.15, 0.2) is 0 Å². The molecule has 1 N–H and O–H groups in total. The topological polar surface area (TPSA) is 62.4 Å². The lowest BCUT2D eigenvalue weighted by molar-refractivity contribution is 0.0963. The quantitative estimate of drug-likeness (QED) is 0.885. The zero-order valence-corrected chi connectivity index (χ0v) is 13.1. The summed E-state index contributed by atoms with van der Waals surface area (Å²) in [5.41, 5.74) is 2.09. The average molecular weight is 289 g/mol. The molecule has 0 saturated carbocycles. The van der Waals surface area contributed by atoms with E-state index >= 15 is 0 Å². The van der Waals surface area contributed by atoms with E-state index in [1.54, 1.807) is 6.92 Å². The van der Waals surface area contributed by atoms with Gasteiger partial charge in [0.25, 0.3) is 0 Å². The first-order valence-electron chi connectivity index (χ1n) is 7.27. The van der Waals surface area contributed by atoms with Crippen molar-refractivity contribution < 1.29 is 9.52 Å². The Morgan fingerprint density at radius 3 is 2.62 bits per heavy atom. The average Bonchev–Trinajstić information content (AvgIpc) is 2.86. The van der Waals surface area contributed by atoms with Crippen molar-refractivity contribution >= 4 is 0 Å². The SMILES string of the molecule is Cc1cccc(-c2nnc(CN(CC(C)O)C(C)C)o2)c1. The van der Waals surface area contributed by atoms with E-state index in [0.29, 0.717) is 30.9 Å². The van der Waals surface area contributed by atoms with Crippen LogP contribution in [-0.4, -0.2) is 38.9 Å². The van der Waals surface area contributed by atoms with Crippen LogP contribution >= 0.6 is 0 Å². The largest absolute Gasteiger partial charge is 0.419 e. The van der Waals surface area contributed by atoms with Gasteiger partial charge in [0.2, 0.25) is 11.8 Å². The van der Waals surface area contributed by atoms with Gasteiger partial charge in [-0.05, 0) is 39.8 Å². The summed E-state index contributed by atoms with van der Waals surface area (Å²) >= 11 is 0. The highest BCUT2D eigenvalue weighted by atomic mass is 16.4. The minimum atomic E-state index is -0.383. The van der Waals surface area contributed by atoms with E-state index in [-0.39, 0.29) is 6.10 Å². The number of aliphatic hydroxyl groups is 1. The number of hydrogen-bond acceptors (Lipinski definition) is 5. The number of hydrogen-bond donors (Lipinski definition) is 1. The predicted molar refractivity (Wildman–Crippen MR) is 81.7 cm³/mol. The zero-order valence-electron chi connectivity index (χ0n) is 13.1. The molecule has 1 unspecified atom stereocenters. The van der Waals surface area contributed by atoms with Crippen LogP contribution in [0.3, 0.4) is 0 Å². The summed E-state index contributed by atoms with van der Waals surface area (Å²) in [4.78, 5) is 2.11. The van der Waals surface area contributed by atoms with Gasteiger partial charge in [-0.15, -0.1) is 10.2 Å². The van der Waals surface area contributed by atoms with Crippen LogP contribution in [0.5, 0.6) is 0 Å². The van der Waals surface area contributed by atoms with Crippen LogP contribution in [0, 0.1) is 6.92 Å². The monoisotopic (exact) mass is 289 g/mol. The second-order valence-electron chi connectivity index (χ2n) is 5.74. The zero-order chi connectivity index (χ0) is 15.4. The van der Waals surface area contributed by atoms with Crippen molar-refractivity contribution in [1.29, 1.82) is 0 Å². The number of aliphatic hydroxyl groups excluding tert-OH is 1. The van der Waals surface area contributed by atoms with Crippen molar-refractivity contribution in [2.75, 3.05) is 6.54 Å². The fraction of sp³-hybridized carbons (Fsp3) is 0.500. The third-order valence-corrected chi connectivity index (χ3v) is 3.30. The molecule has 5 heteroatoms. The molecule has 0 aliphatic carbocycles. The molecule has 1 heterocycles. The first-order chi connectivity index (χ1) is 9.95. The van der Waals surface area contributed by atoms with Crippen LogP contribution in [0.25, 0.3) is 11.5 Å². The van der Waals surface area contributed by atoms with Crippen molar-refractivity contribution in [2.24, 2.45) is 0 Å². The molecular weight excluding hydrogens is 266 g/mol. The Morgan fingerprint density at radius 1 is 1.24 bits per heavy atom. The molecule has 0 saturated heterocycles. The number of aryl methyl sites for hydroxylation is 1.